The first-order chi connectivity index (χ1) is 12.2. The summed E-state index contributed by atoms with van der Waals surface area (Å²) in [6.07, 6.45) is 5.90. The summed E-state index contributed by atoms with van der Waals surface area (Å²) in [5.41, 5.74) is 0.640. The molecule has 0 radical (unpaired) electrons. The number of esters is 1. The van der Waals surface area contributed by atoms with Crippen LogP contribution < -0.4 is 0 Å². The van der Waals surface area contributed by atoms with Gasteiger partial charge in [0, 0.05) is 12.3 Å². The normalized spacial score (nSPS) is 11.8. The molecule has 5 heteroatoms. The Bertz CT molecular complexity index is 451. The Hall–Kier alpha value is -0.710. The number of carbonyl (C=O) groups is 1. The van der Waals surface area contributed by atoms with E-state index in [9.17, 15) is 4.79 Å². The smallest absolute Gasteiger partial charge is 0.338 e. The summed E-state index contributed by atoms with van der Waals surface area (Å²) in [5.74, 6) is 1.79. The zero-order valence-electron chi connectivity index (χ0n) is 16.6. The summed E-state index contributed by atoms with van der Waals surface area (Å²) in [6.45, 7) is 9.66. The Morgan fingerprint density at radius 1 is 1.04 bits per heavy atom. The number of ether oxygens (including phenoxy) is 1. The molecule has 150 valence electrons. The highest BCUT2D eigenvalue weighted by Gasteiger charge is 2.19. The van der Waals surface area contributed by atoms with E-state index in [0.29, 0.717) is 5.56 Å². The highest BCUT2D eigenvalue weighted by atomic mass is 35.5. The van der Waals surface area contributed by atoms with Gasteiger partial charge in [0.25, 0.3) is 0 Å². The first kappa shape index (κ1) is 25.3. The molecule has 0 spiro atoms. The van der Waals surface area contributed by atoms with Gasteiger partial charge in [-0.1, -0.05) is 51.8 Å². The molecule has 0 aliphatic carbocycles. The van der Waals surface area contributed by atoms with Crippen LogP contribution in [-0.2, 0) is 4.74 Å². The molecule has 3 nitrogen and oxygen atoms in total. The van der Waals surface area contributed by atoms with Gasteiger partial charge in [0.1, 0.15) is 6.10 Å². The first-order valence-electron chi connectivity index (χ1n) is 9.77. The number of benzene rings is 1. The average molecular weight is 402 g/mol. The summed E-state index contributed by atoms with van der Waals surface area (Å²) in [5, 5.41) is 0. The monoisotopic (exact) mass is 401 g/mol. The fraction of sp³-hybridized carbons (Fsp3) is 0.667. The molecule has 0 saturated carbocycles. The van der Waals surface area contributed by atoms with E-state index in [4.69, 9.17) is 4.74 Å². The third kappa shape index (κ3) is 11.1. The van der Waals surface area contributed by atoms with Crippen LogP contribution in [0, 0.1) is 0 Å². The standard InChI is InChI=1S/C21H35NO2S.ClH/c1-4-7-14-22(15-8-5-2)17-20(18-25-16-6-3)24-21(23)19-12-10-9-11-13-19;/h9-13,20H,4-8,14-18H2,1-3H3;1H. The Labute approximate surface area is 170 Å². The number of nitrogens with zero attached hydrogens (tertiary/aromatic N) is 1. The Kier molecular flexibility index (Phi) is 16.0. The predicted molar refractivity (Wildman–Crippen MR) is 117 cm³/mol. The lowest BCUT2D eigenvalue weighted by molar-refractivity contribution is 0.0261. The van der Waals surface area contributed by atoms with E-state index >= 15 is 0 Å². The van der Waals surface area contributed by atoms with E-state index in [1.165, 1.54) is 25.7 Å². The van der Waals surface area contributed by atoms with Gasteiger partial charge in [-0.05, 0) is 50.2 Å². The number of halogens is 1. The molecule has 0 N–H and O–H groups in total. The van der Waals surface area contributed by atoms with Crippen molar-refractivity contribution >= 4 is 30.1 Å². The molecule has 0 aliphatic rings. The van der Waals surface area contributed by atoms with Crippen molar-refractivity contribution in [2.45, 2.75) is 59.0 Å². The number of carbonyl (C=O) groups excluding carboxylic acids is 1. The minimum Gasteiger partial charge on any atom is -0.457 e. The van der Waals surface area contributed by atoms with E-state index in [1.807, 2.05) is 42.1 Å². The lowest BCUT2D eigenvalue weighted by Crippen LogP contribution is -2.38. The number of rotatable bonds is 14. The van der Waals surface area contributed by atoms with Crippen LogP contribution in [0.4, 0.5) is 0 Å². The maximum Gasteiger partial charge on any atom is 0.338 e. The summed E-state index contributed by atoms with van der Waals surface area (Å²) < 4.78 is 5.87. The minimum absolute atomic E-state index is 0. The molecule has 1 atom stereocenters. The van der Waals surface area contributed by atoms with E-state index < -0.39 is 0 Å². The van der Waals surface area contributed by atoms with Gasteiger partial charge in [-0.15, -0.1) is 12.4 Å². The van der Waals surface area contributed by atoms with Gasteiger partial charge in [0.2, 0.25) is 0 Å². The van der Waals surface area contributed by atoms with Crippen molar-refractivity contribution in [2.24, 2.45) is 0 Å². The van der Waals surface area contributed by atoms with Crippen molar-refractivity contribution in [3.63, 3.8) is 0 Å². The molecular weight excluding hydrogens is 366 g/mol. The molecule has 0 aromatic heterocycles. The zero-order chi connectivity index (χ0) is 18.3. The second kappa shape index (κ2) is 16.5. The first-order valence-corrected chi connectivity index (χ1v) is 10.9. The number of hydrogen-bond donors (Lipinski definition) is 0. The van der Waals surface area contributed by atoms with Gasteiger partial charge >= 0.3 is 5.97 Å². The van der Waals surface area contributed by atoms with Gasteiger partial charge in [0.15, 0.2) is 0 Å². The van der Waals surface area contributed by atoms with E-state index in [-0.39, 0.29) is 24.5 Å². The molecule has 1 rings (SSSR count). The lowest BCUT2D eigenvalue weighted by Gasteiger charge is -2.27. The summed E-state index contributed by atoms with van der Waals surface area (Å²) >= 11 is 1.88. The van der Waals surface area contributed by atoms with Gasteiger partial charge in [0.05, 0.1) is 5.56 Å². The molecule has 0 fully saturated rings. The zero-order valence-corrected chi connectivity index (χ0v) is 18.2. The number of thioether (sulfide) groups is 1. The maximum absolute atomic E-state index is 12.4. The van der Waals surface area contributed by atoms with Crippen LogP contribution in [0.2, 0.25) is 0 Å². The van der Waals surface area contributed by atoms with Crippen molar-refractivity contribution < 1.29 is 9.53 Å². The molecule has 0 heterocycles. The molecule has 1 aromatic carbocycles. The van der Waals surface area contributed by atoms with Gasteiger partial charge < -0.3 is 4.74 Å². The average Bonchev–Trinajstić information content (AvgIpc) is 2.64. The maximum atomic E-state index is 12.4. The van der Waals surface area contributed by atoms with E-state index in [2.05, 4.69) is 25.7 Å². The van der Waals surface area contributed by atoms with Crippen LogP contribution in [0.25, 0.3) is 0 Å². The SMILES string of the molecule is CCCCN(CCCC)CC(CSCCC)OC(=O)c1ccccc1.Cl. The third-order valence-electron chi connectivity index (χ3n) is 4.05. The summed E-state index contributed by atoms with van der Waals surface area (Å²) in [6, 6.07) is 9.33. The van der Waals surface area contributed by atoms with Crippen molar-refractivity contribution in [1.29, 1.82) is 0 Å². The largest absolute Gasteiger partial charge is 0.457 e. The summed E-state index contributed by atoms with van der Waals surface area (Å²) in [4.78, 5) is 14.9. The van der Waals surface area contributed by atoms with Crippen LogP contribution in [0.5, 0.6) is 0 Å². The van der Waals surface area contributed by atoms with Crippen LogP contribution in [0.3, 0.4) is 0 Å². The molecule has 0 saturated heterocycles. The topological polar surface area (TPSA) is 29.5 Å². The van der Waals surface area contributed by atoms with Crippen molar-refractivity contribution in [2.75, 3.05) is 31.1 Å². The number of hydrogen-bond acceptors (Lipinski definition) is 4. The van der Waals surface area contributed by atoms with Crippen LogP contribution >= 0.6 is 24.2 Å². The van der Waals surface area contributed by atoms with Crippen LogP contribution in [0.15, 0.2) is 30.3 Å². The van der Waals surface area contributed by atoms with Crippen molar-refractivity contribution in [1.82, 2.24) is 4.90 Å². The van der Waals surface area contributed by atoms with E-state index in [0.717, 1.165) is 37.6 Å². The quantitative estimate of drug-likeness (QED) is 0.296. The molecular formula is C21H36ClNO2S. The minimum atomic E-state index is -0.200. The second-order valence-electron chi connectivity index (χ2n) is 6.48. The van der Waals surface area contributed by atoms with E-state index in [1.54, 1.807) is 0 Å². The third-order valence-corrected chi connectivity index (χ3v) is 5.36. The molecule has 1 unspecified atom stereocenters. The Morgan fingerprint density at radius 2 is 1.65 bits per heavy atom. The predicted octanol–water partition coefficient (Wildman–Crippen LogP) is 5.68. The Morgan fingerprint density at radius 3 is 2.19 bits per heavy atom. The highest BCUT2D eigenvalue weighted by molar-refractivity contribution is 7.99. The van der Waals surface area contributed by atoms with Gasteiger partial charge in [-0.2, -0.15) is 11.8 Å². The summed E-state index contributed by atoms with van der Waals surface area (Å²) in [7, 11) is 0. The van der Waals surface area contributed by atoms with Crippen LogP contribution in [0.1, 0.15) is 63.2 Å². The van der Waals surface area contributed by atoms with Gasteiger partial charge in [-0.3, -0.25) is 4.90 Å². The molecule has 26 heavy (non-hydrogen) atoms. The van der Waals surface area contributed by atoms with Crippen LogP contribution in [-0.4, -0.2) is 48.1 Å². The number of unbranched alkanes of at least 4 members (excludes halogenated alkanes) is 2. The lowest BCUT2D eigenvalue weighted by atomic mass is 10.2. The highest BCUT2D eigenvalue weighted by Crippen LogP contribution is 2.13. The van der Waals surface area contributed by atoms with Crippen molar-refractivity contribution in [3.05, 3.63) is 35.9 Å². The molecule has 0 aliphatic heterocycles. The molecule has 1 aromatic rings. The second-order valence-corrected chi connectivity index (χ2v) is 7.63. The molecule has 0 bridgehead atoms. The fourth-order valence-corrected chi connectivity index (χ4v) is 3.51. The fourth-order valence-electron chi connectivity index (χ4n) is 2.62. The Balaban J connectivity index is 0.00000625. The van der Waals surface area contributed by atoms with Crippen molar-refractivity contribution in [3.8, 4) is 0 Å². The van der Waals surface area contributed by atoms with Gasteiger partial charge in [-0.25, -0.2) is 4.79 Å². The molecule has 0 amide bonds.